The second kappa shape index (κ2) is 8.94. The number of nitrogens with zero attached hydrogens (tertiary/aromatic N) is 2. The molecule has 0 aliphatic carbocycles. The van der Waals surface area contributed by atoms with E-state index in [1.807, 2.05) is 6.92 Å². The van der Waals surface area contributed by atoms with Gasteiger partial charge in [-0.05, 0) is 43.2 Å². The predicted octanol–water partition coefficient (Wildman–Crippen LogP) is 5.94. The van der Waals surface area contributed by atoms with Crippen LogP contribution in [0.15, 0.2) is 50.1 Å². The van der Waals surface area contributed by atoms with Gasteiger partial charge < -0.3 is 18.4 Å². The van der Waals surface area contributed by atoms with Gasteiger partial charge in [-0.15, -0.1) is 0 Å². The first-order chi connectivity index (χ1) is 16.8. The third kappa shape index (κ3) is 3.83. The topological polar surface area (TPSA) is 95.0 Å². The van der Waals surface area contributed by atoms with Crippen LogP contribution in [0.1, 0.15) is 46.8 Å². The molecule has 1 aliphatic rings. The van der Waals surface area contributed by atoms with Gasteiger partial charge in [-0.3, -0.25) is 14.5 Å². The maximum absolute atomic E-state index is 13.7. The zero-order valence-electron chi connectivity index (χ0n) is 19.1. The lowest BCUT2D eigenvalue weighted by molar-refractivity contribution is 0.0969. The Morgan fingerprint density at radius 2 is 1.91 bits per heavy atom. The summed E-state index contributed by atoms with van der Waals surface area (Å²) in [6.07, 6.45) is 0.827. The minimum absolute atomic E-state index is 0.0889. The SMILES string of the molecule is CCCOc1ccc([C@H]2c3c(oc4c(Cl)cc(Cl)cc4c3=O)C(=O)N2c2cc(C)on2)cc1OC. The zero-order valence-corrected chi connectivity index (χ0v) is 20.6. The van der Waals surface area contributed by atoms with Gasteiger partial charge in [-0.2, -0.15) is 0 Å². The molecule has 8 nitrogen and oxygen atoms in total. The van der Waals surface area contributed by atoms with Crippen molar-refractivity contribution in [1.29, 1.82) is 0 Å². The summed E-state index contributed by atoms with van der Waals surface area (Å²) in [5.74, 6) is 1.08. The standard InChI is InChI=1S/C25H20Cl2N2O6/c1-4-7-33-17-6-5-13(9-18(17)32-3)21-20-22(30)15-10-14(26)11-16(27)23(15)34-24(20)25(31)29(21)19-8-12(2)35-28-19/h5-6,8-11,21H,4,7H2,1-3H3/t21-/m0/s1. The summed E-state index contributed by atoms with van der Waals surface area (Å²) in [7, 11) is 1.52. The molecule has 0 saturated carbocycles. The number of methoxy groups -OCH3 is 1. The van der Waals surface area contributed by atoms with Gasteiger partial charge in [-0.25, -0.2) is 0 Å². The smallest absolute Gasteiger partial charge is 0.296 e. The Kier molecular flexibility index (Phi) is 5.94. The van der Waals surface area contributed by atoms with E-state index in [9.17, 15) is 9.59 Å². The maximum atomic E-state index is 13.7. The Morgan fingerprint density at radius 3 is 2.60 bits per heavy atom. The number of aromatic nitrogens is 1. The number of ether oxygens (including phenoxy) is 2. The first-order valence-corrected chi connectivity index (χ1v) is 11.6. The van der Waals surface area contributed by atoms with Crippen LogP contribution in [0.4, 0.5) is 5.82 Å². The van der Waals surface area contributed by atoms with Crippen LogP contribution in [0.5, 0.6) is 11.5 Å². The van der Waals surface area contributed by atoms with E-state index in [2.05, 4.69) is 5.16 Å². The summed E-state index contributed by atoms with van der Waals surface area (Å²) in [5.41, 5.74) is 0.409. The summed E-state index contributed by atoms with van der Waals surface area (Å²) >= 11 is 12.5. The van der Waals surface area contributed by atoms with E-state index < -0.39 is 17.4 Å². The molecule has 2 aromatic heterocycles. The number of rotatable bonds is 6. The number of anilines is 1. The van der Waals surface area contributed by atoms with Crippen LogP contribution in [0.3, 0.4) is 0 Å². The third-order valence-electron chi connectivity index (χ3n) is 5.72. The maximum Gasteiger partial charge on any atom is 0.296 e. The number of hydrogen-bond donors (Lipinski definition) is 0. The predicted molar refractivity (Wildman–Crippen MR) is 131 cm³/mol. The van der Waals surface area contributed by atoms with E-state index in [0.29, 0.717) is 29.4 Å². The highest BCUT2D eigenvalue weighted by atomic mass is 35.5. The lowest BCUT2D eigenvalue weighted by atomic mass is 9.98. The van der Waals surface area contributed by atoms with E-state index in [1.165, 1.54) is 24.1 Å². The number of carbonyl (C=O) groups is 1. The molecule has 0 unspecified atom stereocenters. The Bertz CT molecular complexity index is 1530. The third-order valence-corrected chi connectivity index (χ3v) is 6.22. The molecule has 1 amide bonds. The van der Waals surface area contributed by atoms with Crippen molar-refractivity contribution >= 4 is 45.9 Å². The van der Waals surface area contributed by atoms with Crippen molar-refractivity contribution in [2.24, 2.45) is 0 Å². The van der Waals surface area contributed by atoms with Gasteiger partial charge >= 0.3 is 0 Å². The van der Waals surface area contributed by atoms with Crippen molar-refractivity contribution < 1.29 is 23.2 Å². The van der Waals surface area contributed by atoms with Gasteiger partial charge in [0.1, 0.15) is 5.76 Å². The van der Waals surface area contributed by atoms with Crippen molar-refractivity contribution in [2.45, 2.75) is 26.3 Å². The lowest BCUT2D eigenvalue weighted by Crippen LogP contribution is -2.29. The molecule has 0 spiro atoms. The summed E-state index contributed by atoms with van der Waals surface area (Å²) in [6, 6.07) is 8.92. The fraction of sp³-hybridized carbons (Fsp3) is 0.240. The summed E-state index contributed by atoms with van der Waals surface area (Å²) < 4.78 is 22.5. The molecule has 35 heavy (non-hydrogen) atoms. The Morgan fingerprint density at radius 1 is 1.11 bits per heavy atom. The monoisotopic (exact) mass is 514 g/mol. The highest BCUT2D eigenvalue weighted by molar-refractivity contribution is 6.38. The van der Waals surface area contributed by atoms with E-state index in [-0.39, 0.29) is 38.2 Å². The Balaban J connectivity index is 1.77. The molecule has 0 bridgehead atoms. The number of aryl methyl sites for hydroxylation is 1. The molecule has 4 aromatic rings. The molecular formula is C25H20Cl2N2O6. The van der Waals surface area contributed by atoms with Crippen LogP contribution in [0, 0.1) is 6.92 Å². The van der Waals surface area contributed by atoms with Crippen LogP contribution in [-0.2, 0) is 0 Å². The van der Waals surface area contributed by atoms with E-state index in [4.69, 9.17) is 41.6 Å². The molecule has 10 heteroatoms. The number of fused-ring (bicyclic) bond motifs is 2. The highest BCUT2D eigenvalue weighted by Gasteiger charge is 2.45. The van der Waals surface area contributed by atoms with Crippen molar-refractivity contribution in [3.8, 4) is 11.5 Å². The summed E-state index contributed by atoms with van der Waals surface area (Å²) in [4.78, 5) is 28.7. The number of amides is 1. The fourth-order valence-corrected chi connectivity index (χ4v) is 4.74. The molecule has 2 aromatic carbocycles. The minimum atomic E-state index is -0.866. The number of halogens is 2. The van der Waals surface area contributed by atoms with Crippen LogP contribution in [0.2, 0.25) is 10.0 Å². The Hall–Kier alpha value is -3.49. The fourth-order valence-electron chi connectivity index (χ4n) is 4.21. The zero-order chi connectivity index (χ0) is 24.9. The van der Waals surface area contributed by atoms with Crippen LogP contribution in [0.25, 0.3) is 11.0 Å². The quantitative estimate of drug-likeness (QED) is 0.314. The van der Waals surface area contributed by atoms with Crippen LogP contribution >= 0.6 is 23.2 Å². The van der Waals surface area contributed by atoms with E-state index in [0.717, 1.165) is 6.42 Å². The largest absolute Gasteiger partial charge is 0.493 e. The minimum Gasteiger partial charge on any atom is -0.493 e. The van der Waals surface area contributed by atoms with Gasteiger partial charge in [0.25, 0.3) is 5.91 Å². The molecule has 5 rings (SSSR count). The van der Waals surface area contributed by atoms with Crippen molar-refractivity contribution in [3.63, 3.8) is 0 Å². The highest BCUT2D eigenvalue weighted by Crippen LogP contribution is 2.43. The summed E-state index contributed by atoms with van der Waals surface area (Å²) in [6.45, 7) is 4.23. The average Bonchev–Trinajstić information content (AvgIpc) is 3.39. The molecule has 1 atom stereocenters. The molecule has 180 valence electrons. The molecule has 0 saturated heterocycles. The second-order valence-corrected chi connectivity index (χ2v) is 8.91. The van der Waals surface area contributed by atoms with Gasteiger partial charge in [0, 0.05) is 11.1 Å². The van der Waals surface area contributed by atoms with Crippen molar-refractivity contribution in [1.82, 2.24) is 5.16 Å². The average molecular weight is 515 g/mol. The molecule has 0 fully saturated rings. The van der Waals surface area contributed by atoms with Crippen LogP contribution < -0.4 is 19.8 Å². The van der Waals surface area contributed by atoms with Gasteiger partial charge in [0.2, 0.25) is 5.76 Å². The van der Waals surface area contributed by atoms with E-state index >= 15 is 0 Å². The first-order valence-electron chi connectivity index (χ1n) is 10.9. The van der Waals surface area contributed by atoms with Gasteiger partial charge in [-0.1, -0.05) is 41.3 Å². The van der Waals surface area contributed by atoms with Crippen molar-refractivity contribution in [2.75, 3.05) is 18.6 Å². The van der Waals surface area contributed by atoms with Gasteiger partial charge in [0.15, 0.2) is 28.3 Å². The van der Waals surface area contributed by atoms with Gasteiger partial charge in [0.05, 0.1) is 35.7 Å². The van der Waals surface area contributed by atoms with Crippen molar-refractivity contribution in [3.05, 3.63) is 79.3 Å². The Labute approximate surface area is 209 Å². The lowest BCUT2D eigenvalue weighted by Gasteiger charge is -2.23. The normalized spacial score (nSPS) is 15.1. The molecule has 0 N–H and O–H groups in total. The van der Waals surface area contributed by atoms with Crippen LogP contribution in [-0.4, -0.2) is 24.8 Å². The summed E-state index contributed by atoms with van der Waals surface area (Å²) in [5, 5.41) is 4.60. The molecular weight excluding hydrogens is 495 g/mol. The first kappa shape index (κ1) is 23.3. The number of benzene rings is 2. The number of carbonyl (C=O) groups excluding carboxylic acids is 1. The second-order valence-electron chi connectivity index (χ2n) is 8.07. The molecule has 1 aliphatic heterocycles. The van der Waals surface area contributed by atoms with E-state index in [1.54, 1.807) is 31.2 Å². The number of hydrogen-bond acceptors (Lipinski definition) is 7. The molecule has 3 heterocycles. The molecule has 0 radical (unpaired) electrons.